The van der Waals surface area contributed by atoms with Gasteiger partial charge in [0.1, 0.15) is 17.5 Å². The number of nitrogens with one attached hydrogen (secondary N) is 1. The Balaban J connectivity index is 1.79. The lowest BCUT2D eigenvalue weighted by Gasteiger charge is -2.37. The molecule has 1 fully saturated rings. The lowest BCUT2D eigenvalue weighted by atomic mass is 10.1. The molecule has 0 spiro atoms. The smallest absolute Gasteiger partial charge is 0.157 e. The van der Waals surface area contributed by atoms with Gasteiger partial charge in [-0.15, -0.1) is 0 Å². The van der Waals surface area contributed by atoms with E-state index in [2.05, 4.69) is 47.3 Å². The third kappa shape index (κ3) is 2.51. The van der Waals surface area contributed by atoms with E-state index in [4.69, 9.17) is 4.98 Å². The van der Waals surface area contributed by atoms with Crippen LogP contribution in [-0.2, 0) is 0 Å². The molecule has 2 atom stereocenters. The van der Waals surface area contributed by atoms with Crippen molar-refractivity contribution in [2.45, 2.75) is 25.9 Å². The molecule has 1 aromatic carbocycles. The Kier molecular flexibility index (Phi) is 3.52. The van der Waals surface area contributed by atoms with Crippen LogP contribution < -0.4 is 10.2 Å². The summed E-state index contributed by atoms with van der Waals surface area (Å²) in [6, 6.07) is 17.1. The Labute approximate surface area is 157 Å². The van der Waals surface area contributed by atoms with Crippen molar-refractivity contribution in [1.29, 1.82) is 5.26 Å². The monoisotopic (exact) mass is 356 g/mol. The standard InChI is InChI=1S/C21H20N6/c1-13-11-26(12-14(2)23-13)19-8-7-15-9-16(10-22)21-24-17-5-3-4-6-18(17)27(21)20(15)25-19/h3-9,13-14,23H,11-12H2,1-2H3/t13-,14-/m0/s1. The van der Waals surface area contributed by atoms with Gasteiger partial charge in [0.25, 0.3) is 0 Å². The number of imidazole rings is 1. The van der Waals surface area contributed by atoms with Gasteiger partial charge in [0.2, 0.25) is 0 Å². The van der Waals surface area contributed by atoms with Crippen molar-refractivity contribution < 1.29 is 0 Å². The van der Waals surface area contributed by atoms with Gasteiger partial charge in [-0.2, -0.15) is 5.26 Å². The first-order valence-electron chi connectivity index (χ1n) is 9.26. The molecule has 0 amide bonds. The number of benzene rings is 1. The molecule has 4 aromatic rings. The van der Waals surface area contributed by atoms with Crippen LogP contribution in [0.3, 0.4) is 0 Å². The van der Waals surface area contributed by atoms with Crippen LogP contribution in [0.15, 0.2) is 42.5 Å². The summed E-state index contributed by atoms with van der Waals surface area (Å²) in [5.41, 5.74) is 3.92. The molecule has 3 aromatic heterocycles. The number of hydrogen-bond donors (Lipinski definition) is 1. The van der Waals surface area contributed by atoms with Gasteiger partial charge in [-0.1, -0.05) is 12.1 Å². The summed E-state index contributed by atoms with van der Waals surface area (Å²) in [5, 5.41) is 14.1. The average Bonchev–Trinajstić information content (AvgIpc) is 3.06. The summed E-state index contributed by atoms with van der Waals surface area (Å²) in [5.74, 6) is 0.964. The number of nitriles is 1. The molecule has 134 valence electrons. The van der Waals surface area contributed by atoms with Gasteiger partial charge in [0.15, 0.2) is 5.65 Å². The highest BCUT2D eigenvalue weighted by atomic mass is 15.3. The quantitative estimate of drug-likeness (QED) is 0.568. The Morgan fingerprint density at radius 3 is 2.59 bits per heavy atom. The molecule has 1 N–H and O–H groups in total. The second-order valence-corrected chi connectivity index (χ2v) is 7.39. The summed E-state index contributed by atoms with van der Waals surface area (Å²) >= 11 is 0. The maximum atomic E-state index is 9.60. The first-order valence-corrected chi connectivity index (χ1v) is 9.26. The number of piperazine rings is 1. The van der Waals surface area contributed by atoms with E-state index in [1.165, 1.54) is 0 Å². The van der Waals surface area contributed by atoms with Crippen molar-refractivity contribution >= 4 is 33.5 Å². The summed E-state index contributed by atoms with van der Waals surface area (Å²) < 4.78 is 2.02. The number of fused-ring (bicyclic) bond motifs is 5. The molecule has 0 saturated carbocycles. The highest BCUT2D eigenvalue weighted by molar-refractivity contribution is 5.91. The topological polar surface area (TPSA) is 69.2 Å². The number of aromatic nitrogens is 3. The van der Waals surface area contributed by atoms with Gasteiger partial charge in [0, 0.05) is 30.6 Å². The molecular weight excluding hydrogens is 336 g/mol. The van der Waals surface area contributed by atoms with Crippen molar-refractivity contribution in [2.24, 2.45) is 0 Å². The first kappa shape index (κ1) is 16.0. The van der Waals surface area contributed by atoms with Crippen LogP contribution in [0.2, 0.25) is 0 Å². The maximum absolute atomic E-state index is 9.60. The fraction of sp³-hybridized carbons (Fsp3) is 0.286. The van der Waals surface area contributed by atoms with Gasteiger partial charge < -0.3 is 10.2 Å². The number of anilines is 1. The maximum Gasteiger partial charge on any atom is 0.157 e. The van der Waals surface area contributed by atoms with Crippen LogP contribution in [0.4, 0.5) is 5.82 Å². The minimum Gasteiger partial charge on any atom is -0.353 e. The zero-order valence-electron chi connectivity index (χ0n) is 15.3. The van der Waals surface area contributed by atoms with Crippen LogP contribution in [-0.4, -0.2) is 39.5 Å². The summed E-state index contributed by atoms with van der Waals surface area (Å²) in [4.78, 5) is 12.0. The lowest BCUT2D eigenvalue weighted by Crippen LogP contribution is -2.54. The van der Waals surface area contributed by atoms with Crippen molar-refractivity contribution in [3.8, 4) is 6.07 Å². The molecule has 0 radical (unpaired) electrons. The minimum atomic E-state index is 0.418. The van der Waals surface area contributed by atoms with Crippen LogP contribution in [0.1, 0.15) is 19.4 Å². The van der Waals surface area contributed by atoms with E-state index < -0.39 is 0 Å². The van der Waals surface area contributed by atoms with Gasteiger partial charge in [-0.25, -0.2) is 9.97 Å². The number of rotatable bonds is 1. The molecule has 0 bridgehead atoms. The number of hydrogen-bond acceptors (Lipinski definition) is 5. The Morgan fingerprint density at radius 2 is 1.81 bits per heavy atom. The van der Waals surface area contributed by atoms with Crippen LogP contribution in [0.5, 0.6) is 0 Å². The average molecular weight is 356 g/mol. The summed E-state index contributed by atoms with van der Waals surface area (Å²) in [6.45, 7) is 6.24. The second kappa shape index (κ2) is 5.93. The second-order valence-electron chi connectivity index (χ2n) is 7.39. The fourth-order valence-corrected chi connectivity index (χ4v) is 4.15. The van der Waals surface area contributed by atoms with E-state index >= 15 is 0 Å². The normalized spacial score (nSPS) is 20.4. The predicted octanol–water partition coefficient (Wildman–Crippen LogP) is 3.09. The summed E-state index contributed by atoms with van der Waals surface area (Å²) in [7, 11) is 0. The van der Waals surface area contributed by atoms with E-state index in [1.54, 1.807) is 0 Å². The molecule has 0 unspecified atom stereocenters. The summed E-state index contributed by atoms with van der Waals surface area (Å²) in [6.07, 6.45) is 0. The van der Waals surface area contributed by atoms with E-state index in [0.717, 1.165) is 41.0 Å². The molecular formula is C21H20N6. The number of para-hydroxylation sites is 2. The molecule has 6 nitrogen and oxygen atoms in total. The van der Waals surface area contributed by atoms with E-state index in [9.17, 15) is 5.26 Å². The molecule has 1 aliphatic rings. The minimum absolute atomic E-state index is 0.418. The van der Waals surface area contributed by atoms with Gasteiger partial charge in [-0.05, 0) is 44.2 Å². The molecule has 5 rings (SSSR count). The number of nitrogens with zero attached hydrogens (tertiary/aromatic N) is 5. The molecule has 27 heavy (non-hydrogen) atoms. The molecule has 4 heterocycles. The fourth-order valence-electron chi connectivity index (χ4n) is 4.15. The van der Waals surface area contributed by atoms with Crippen molar-refractivity contribution in [3.05, 3.63) is 48.0 Å². The van der Waals surface area contributed by atoms with E-state index in [-0.39, 0.29) is 0 Å². The zero-order valence-corrected chi connectivity index (χ0v) is 15.3. The first-order chi connectivity index (χ1) is 13.1. The molecule has 6 heteroatoms. The van der Waals surface area contributed by atoms with Gasteiger partial charge >= 0.3 is 0 Å². The van der Waals surface area contributed by atoms with Crippen LogP contribution in [0.25, 0.3) is 27.7 Å². The van der Waals surface area contributed by atoms with Crippen LogP contribution in [0, 0.1) is 11.3 Å². The van der Waals surface area contributed by atoms with Crippen LogP contribution >= 0.6 is 0 Å². The highest BCUT2D eigenvalue weighted by Crippen LogP contribution is 2.27. The SMILES string of the molecule is C[C@H]1CN(c2ccc3cc(C#N)c4nc5ccccc5n4c3n2)C[C@H](C)N1. The molecule has 0 aliphatic carbocycles. The Bertz CT molecular complexity index is 1210. The van der Waals surface area contributed by atoms with Crippen molar-refractivity contribution in [2.75, 3.05) is 18.0 Å². The van der Waals surface area contributed by atoms with E-state index in [0.29, 0.717) is 23.3 Å². The lowest BCUT2D eigenvalue weighted by molar-refractivity contribution is 0.405. The van der Waals surface area contributed by atoms with Gasteiger partial charge in [0.05, 0.1) is 16.6 Å². The molecule has 1 saturated heterocycles. The van der Waals surface area contributed by atoms with Crippen molar-refractivity contribution in [3.63, 3.8) is 0 Å². The third-order valence-electron chi connectivity index (χ3n) is 5.21. The number of pyridine rings is 2. The zero-order chi connectivity index (χ0) is 18.5. The Morgan fingerprint density at radius 1 is 1.04 bits per heavy atom. The predicted molar refractivity (Wildman–Crippen MR) is 107 cm³/mol. The molecule has 1 aliphatic heterocycles. The highest BCUT2D eigenvalue weighted by Gasteiger charge is 2.22. The van der Waals surface area contributed by atoms with Gasteiger partial charge in [-0.3, -0.25) is 4.40 Å². The van der Waals surface area contributed by atoms with Crippen molar-refractivity contribution in [1.82, 2.24) is 19.7 Å². The third-order valence-corrected chi connectivity index (χ3v) is 5.21. The van der Waals surface area contributed by atoms with E-state index in [1.807, 2.05) is 34.7 Å². The Hall–Kier alpha value is -3.17. The largest absolute Gasteiger partial charge is 0.353 e.